The first-order valence-electron chi connectivity index (χ1n) is 8.04. The van der Waals surface area contributed by atoms with Gasteiger partial charge in [-0.05, 0) is 6.07 Å². The minimum absolute atomic E-state index is 0.185. The largest absolute Gasteiger partial charge is 0.471 e. The monoisotopic (exact) mass is 401 g/mol. The highest BCUT2D eigenvalue weighted by Gasteiger charge is 2.38. The van der Waals surface area contributed by atoms with Crippen molar-refractivity contribution in [2.75, 3.05) is 5.32 Å². The van der Waals surface area contributed by atoms with Crippen molar-refractivity contribution in [2.24, 2.45) is 0 Å². The third-order valence-corrected chi connectivity index (χ3v) is 3.52. The first kappa shape index (κ1) is 18.3. The smallest absolute Gasteiger partial charge is 0.347 e. The fourth-order valence-electron chi connectivity index (χ4n) is 2.19. The molecule has 146 valence electrons. The average molecular weight is 401 g/mol. The van der Waals surface area contributed by atoms with E-state index in [4.69, 9.17) is 0 Å². The summed E-state index contributed by atoms with van der Waals surface area (Å²) in [5, 5.41) is 6.24. The van der Waals surface area contributed by atoms with Gasteiger partial charge in [0.1, 0.15) is 11.5 Å². The molecule has 0 aliphatic carbocycles. The van der Waals surface area contributed by atoms with Crippen LogP contribution in [0.15, 0.2) is 47.8 Å². The van der Waals surface area contributed by atoms with E-state index in [-0.39, 0.29) is 17.9 Å². The normalized spacial score (nSPS) is 11.4. The minimum Gasteiger partial charge on any atom is -0.347 e. The van der Waals surface area contributed by atoms with Crippen LogP contribution in [-0.2, 0) is 12.7 Å². The van der Waals surface area contributed by atoms with Gasteiger partial charge in [-0.1, -0.05) is 5.16 Å². The highest BCUT2D eigenvalue weighted by Crippen LogP contribution is 2.29. The summed E-state index contributed by atoms with van der Waals surface area (Å²) in [5.41, 5.74) is 1.37. The summed E-state index contributed by atoms with van der Waals surface area (Å²) in [6.07, 6.45) is 4.14. The Morgan fingerprint density at radius 1 is 0.897 bits per heavy atom. The predicted molar refractivity (Wildman–Crippen MR) is 90.7 cm³/mol. The van der Waals surface area contributed by atoms with Crippen LogP contribution in [0.2, 0.25) is 0 Å². The Morgan fingerprint density at radius 2 is 1.72 bits per heavy atom. The van der Waals surface area contributed by atoms with E-state index < -0.39 is 12.1 Å². The summed E-state index contributed by atoms with van der Waals surface area (Å²) in [7, 11) is 0. The number of halogens is 3. The van der Waals surface area contributed by atoms with Crippen LogP contribution in [0.3, 0.4) is 0 Å². The van der Waals surface area contributed by atoms with Crippen molar-refractivity contribution in [1.82, 2.24) is 40.0 Å². The van der Waals surface area contributed by atoms with Crippen molar-refractivity contribution < 1.29 is 17.7 Å². The maximum absolute atomic E-state index is 12.5. The molecule has 0 atom stereocenters. The zero-order valence-corrected chi connectivity index (χ0v) is 14.4. The van der Waals surface area contributed by atoms with Gasteiger partial charge >= 0.3 is 12.1 Å². The second-order valence-corrected chi connectivity index (χ2v) is 5.52. The molecule has 0 spiro atoms. The van der Waals surface area contributed by atoms with E-state index in [1.807, 2.05) is 0 Å². The molecule has 29 heavy (non-hydrogen) atoms. The van der Waals surface area contributed by atoms with Crippen LogP contribution in [0.5, 0.6) is 0 Å². The van der Waals surface area contributed by atoms with E-state index in [0.717, 1.165) is 0 Å². The zero-order valence-electron chi connectivity index (χ0n) is 14.4. The van der Waals surface area contributed by atoms with Crippen molar-refractivity contribution in [3.8, 4) is 22.8 Å². The van der Waals surface area contributed by atoms with E-state index in [0.29, 0.717) is 23.2 Å². The summed E-state index contributed by atoms with van der Waals surface area (Å²) in [5.74, 6) is -0.995. The number of nitrogens with one attached hydrogen (secondary N) is 1. The van der Waals surface area contributed by atoms with Crippen LogP contribution in [0.1, 0.15) is 11.7 Å². The highest BCUT2D eigenvalue weighted by molar-refractivity contribution is 5.53. The molecule has 0 bridgehead atoms. The average Bonchev–Trinajstić information content (AvgIpc) is 3.24. The van der Waals surface area contributed by atoms with Crippen LogP contribution in [0.25, 0.3) is 22.8 Å². The molecule has 0 aliphatic rings. The molecule has 10 nitrogen and oxygen atoms in total. The topological polar surface area (TPSA) is 128 Å². The quantitative estimate of drug-likeness (QED) is 0.532. The molecule has 4 heterocycles. The minimum atomic E-state index is -4.71. The molecule has 0 amide bonds. The molecule has 0 unspecified atom stereocenters. The van der Waals surface area contributed by atoms with E-state index in [2.05, 4.69) is 49.9 Å². The van der Waals surface area contributed by atoms with Gasteiger partial charge in [-0.25, -0.2) is 19.9 Å². The summed E-state index contributed by atoms with van der Waals surface area (Å²) in [6.45, 7) is 0.185. The highest BCUT2D eigenvalue weighted by atomic mass is 19.4. The molecule has 4 rings (SSSR count). The molecule has 4 aromatic heterocycles. The maximum Gasteiger partial charge on any atom is 0.471 e. The van der Waals surface area contributed by atoms with Crippen molar-refractivity contribution in [2.45, 2.75) is 12.7 Å². The molecule has 0 saturated carbocycles. The van der Waals surface area contributed by atoms with E-state index >= 15 is 0 Å². The van der Waals surface area contributed by atoms with Crippen LogP contribution in [-0.4, -0.2) is 40.0 Å². The number of aromatic nitrogens is 8. The molecule has 0 saturated heterocycles. The summed E-state index contributed by atoms with van der Waals surface area (Å²) in [6, 6.07) is 1.70. The van der Waals surface area contributed by atoms with Gasteiger partial charge in [0.15, 0.2) is 0 Å². The molecular weight excluding hydrogens is 391 g/mol. The molecule has 0 fully saturated rings. The fourth-order valence-corrected chi connectivity index (χ4v) is 2.19. The Kier molecular flexibility index (Phi) is 4.76. The lowest BCUT2D eigenvalue weighted by Crippen LogP contribution is -2.07. The van der Waals surface area contributed by atoms with Gasteiger partial charge in [-0.3, -0.25) is 9.97 Å². The number of alkyl halides is 3. The third-order valence-electron chi connectivity index (χ3n) is 3.52. The Balaban J connectivity index is 1.43. The van der Waals surface area contributed by atoms with Gasteiger partial charge < -0.3 is 9.84 Å². The van der Waals surface area contributed by atoms with Crippen LogP contribution < -0.4 is 5.32 Å². The number of hydrogen-bond donors (Lipinski definition) is 1. The van der Waals surface area contributed by atoms with Gasteiger partial charge in [0.05, 0.1) is 24.0 Å². The van der Waals surface area contributed by atoms with Gasteiger partial charge in [0, 0.05) is 31.0 Å². The van der Waals surface area contributed by atoms with E-state index in [9.17, 15) is 13.2 Å². The second-order valence-electron chi connectivity index (χ2n) is 5.52. The molecule has 0 aromatic carbocycles. The standard InChI is InChI=1S/C16H10F3N9O/c17-16(18,19)14-27-13(28-29-14)9-5-23-12(24-6-9)8-25-15-22-2-1-10(26-15)11-7-20-3-4-21-11/h1-7H,8H2,(H,22,25,26). The predicted octanol–water partition coefficient (Wildman–Crippen LogP) is 2.40. The first-order chi connectivity index (χ1) is 14.0. The van der Waals surface area contributed by atoms with Crippen LogP contribution in [0, 0.1) is 0 Å². The second kappa shape index (κ2) is 7.53. The summed E-state index contributed by atoms with van der Waals surface area (Å²) in [4.78, 5) is 28.0. The molecule has 4 aromatic rings. The Hall–Kier alpha value is -4.03. The van der Waals surface area contributed by atoms with Crippen LogP contribution >= 0.6 is 0 Å². The summed E-state index contributed by atoms with van der Waals surface area (Å²) >= 11 is 0. The lowest BCUT2D eigenvalue weighted by molar-refractivity contribution is -0.159. The van der Waals surface area contributed by atoms with Gasteiger partial charge in [-0.15, -0.1) is 0 Å². The SMILES string of the molecule is FC(F)(F)c1nc(-c2cnc(CNc3nccc(-c4cnccn4)n3)nc2)no1. The number of nitrogens with zero attached hydrogens (tertiary/aromatic N) is 8. The van der Waals surface area contributed by atoms with Gasteiger partial charge in [0.2, 0.25) is 11.8 Å². The maximum atomic E-state index is 12.5. The molecule has 1 N–H and O–H groups in total. The van der Waals surface area contributed by atoms with Crippen molar-refractivity contribution in [3.63, 3.8) is 0 Å². The number of anilines is 1. The first-order valence-corrected chi connectivity index (χ1v) is 8.04. The lowest BCUT2D eigenvalue weighted by Gasteiger charge is -2.05. The van der Waals surface area contributed by atoms with Gasteiger partial charge in [-0.2, -0.15) is 18.2 Å². The fraction of sp³-hybridized carbons (Fsp3) is 0.125. The summed E-state index contributed by atoms with van der Waals surface area (Å²) < 4.78 is 41.8. The molecule has 0 aliphatic heterocycles. The Labute approximate surface area is 160 Å². The molecule has 13 heteroatoms. The number of hydrogen-bond acceptors (Lipinski definition) is 10. The molecule has 0 radical (unpaired) electrons. The van der Waals surface area contributed by atoms with Crippen molar-refractivity contribution >= 4 is 5.95 Å². The Bertz CT molecular complexity index is 1100. The van der Waals surface area contributed by atoms with Crippen molar-refractivity contribution in [1.29, 1.82) is 0 Å². The molecular formula is C16H10F3N9O. The Morgan fingerprint density at radius 3 is 2.41 bits per heavy atom. The van der Waals surface area contributed by atoms with Gasteiger partial charge in [0.25, 0.3) is 0 Å². The van der Waals surface area contributed by atoms with E-state index in [1.165, 1.54) is 12.4 Å². The van der Waals surface area contributed by atoms with E-state index in [1.54, 1.807) is 30.9 Å². The van der Waals surface area contributed by atoms with Crippen molar-refractivity contribution in [3.05, 3.63) is 55.0 Å². The van der Waals surface area contributed by atoms with Crippen LogP contribution in [0.4, 0.5) is 19.1 Å². The lowest BCUT2D eigenvalue weighted by atomic mass is 10.3. The third kappa shape index (κ3) is 4.28. The number of rotatable bonds is 5. The zero-order chi connectivity index (χ0) is 20.3.